The van der Waals surface area contributed by atoms with Gasteiger partial charge in [0.05, 0.1) is 13.2 Å². The van der Waals surface area contributed by atoms with Crippen LogP contribution in [-0.2, 0) is 0 Å². The second-order valence-electron chi connectivity index (χ2n) is 8.21. The standard InChI is InChI=1S/C25H35N5O2.HI/c1-26-25(28-21-10-11-23-24(20-21)32-19-7-18-31-23)27-12-5-6-13-29-14-16-30(17-15-29)22-8-3-2-4-9-22;/h2-4,8-11,20H,5-7,12-19H2,1H3,(H2,26,27,28);1H. The number of nitrogens with one attached hydrogen (secondary N) is 2. The molecule has 1 fully saturated rings. The van der Waals surface area contributed by atoms with Crippen LogP contribution in [0.3, 0.4) is 0 Å². The Hall–Kier alpha value is -2.20. The van der Waals surface area contributed by atoms with Gasteiger partial charge in [-0.1, -0.05) is 18.2 Å². The normalized spacial score (nSPS) is 16.5. The quantitative estimate of drug-likeness (QED) is 0.229. The highest BCUT2D eigenvalue weighted by Gasteiger charge is 2.16. The summed E-state index contributed by atoms with van der Waals surface area (Å²) in [6.45, 7) is 7.91. The van der Waals surface area contributed by atoms with E-state index in [-0.39, 0.29) is 24.0 Å². The van der Waals surface area contributed by atoms with Gasteiger partial charge in [0.25, 0.3) is 0 Å². The highest BCUT2D eigenvalue weighted by molar-refractivity contribution is 14.0. The lowest BCUT2D eigenvalue weighted by molar-refractivity contribution is 0.253. The van der Waals surface area contributed by atoms with Gasteiger partial charge in [-0.15, -0.1) is 24.0 Å². The first kappa shape index (κ1) is 25.4. The van der Waals surface area contributed by atoms with E-state index in [0.717, 1.165) is 75.3 Å². The number of para-hydroxylation sites is 1. The summed E-state index contributed by atoms with van der Waals surface area (Å²) in [4.78, 5) is 9.40. The number of unbranched alkanes of at least 4 members (excludes halogenated alkanes) is 1. The molecule has 180 valence electrons. The van der Waals surface area contributed by atoms with E-state index in [1.807, 2.05) is 18.2 Å². The number of aliphatic imine (C=N–C) groups is 1. The van der Waals surface area contributed by atoms with Crippen LogP contribution < -0.4 is 25.0 Å². The van der Waals surface area contributed by atoms with Crippen molar-refractivity contribution in [3.63, 3.8) is 0 Å². The summed E-state index contributed by atoms with van der Waals surface area (Å²) >= 11 is 0. The summed E-state index contributed by atoms with van der Waals surface area (Å²) in [5.41, 5.74) is 2.28. The van der Waals surface area contributed by atoms with Crippen LogP contribution in [0.5, 0.6) is 11.5 Å². The maximum atomic E-state index is 5.77. The van der Waals surface area contributed by atoms with Crippen molar-refractivity contribution >= 4 is 41.3 Å². The minimum atomic E-state index is 0. The van der Waals surface area contributed by atoms with Gasteiger partial charge in [0.1, 0.15) is 0 Å². The van der Waals surface area contributed by atoms with Crippen LogP contribution >= 0.6 is 24.0 Å². The third-order valence-electron chi connectivity index (χ3n) is 5.92. The smallest absolute Gasteiger partial charge is 0.195 e. The molecule has 8 heteroatoms. The van der Waals surface area contributed by atoms with Crippen LogP contribution in [0.4, 0.5) is 11.4 Å². The number of piperazine rings is 1. The van der Waals surface area contributed by atoms with Gasteiger partial charge in [-0.3, -0.25) is 9.89 Å². The first-order valence-electron chi connectivity index (χ1n) is 11.7. The van der Waals surface area contributed by atoms with Gasteiger partial charge < -0.3 is 25.0 Å². The zero-order valence-corrected chi connectivity index (χ0v) is 21.8. The number of rotatable bonds is 7. The van der Waals surface area contributed by atoms with E-state index >= 15 is 0 Å². The number of hydrogen-bond donors (Lipinski definition) is 2. The van der Waals surface area contributed by atoms with Crippen LogP contribution in [0.1, 0.15) is 19.3 Å². The Kier molecular flexibility index (Phi) is 10.4. The number of ether oxygens (including phenoxy) is 2. The highest BCUT2D eigenvalue weighted by Crippen LogP contribution is 2.32. The molecule has 1 saturated heterocycles. The van der Waals surface area contributed by atoms with E-state index in [4.69, 9.17) is 9.47 Å². The van der Waals surface area contributed by atoms with Crippen molar-refractivity contribution in [2.45, 2.75) is 19.3 Å². The van der Waals surface area contributed by atoms with Gasteiger partial charge in [-0.2, -0.15) is 0 Å². The third kappa shape index (κ3) is 7.67. The third-order valence-corrected chi connectivity index (χ3v) is 5.92. The maximum Gasteiger partial charge on any atom is 0.195 e. The fraction of sp³-hybridized carbons (Fsp3) is 0.480. The topological polar surface area (TPSA) is 61.4 Å². The molecule has 0 radical (unpaired) electrons. The molecule has 2 aromatic rings. The Morgan fingerprint density at radius 2 is 1.70 bits per heavy atom. The molecule has 0 bridgehead atoms. The van der Waals surface area contributed by atoms with E-state index in [1.165, 1.54) is 12.1 Å². The molecule has 4 rings (SSSR count). The first-order valence-corrected chi connectivity index (χ1v) is 11.7. The van der Waals surface area contributed by atoms with Gasteiger partial charge in [0.15, 0.2) is 17.5 Å². The average molecular weight is 566 g/mol. The predicted octanol–water partition coefficient (Wildman–Crippen LogP) is 4.06. The van der Waals surface area contributed by atoms with Crippen LogP contribution in [-0.4, -0.2) is 70.4 Å². The van der Waals surface area contributed by atoms with Crippen molar-refractivity contribution in [3.8, 4) is 11.5 Å². The number of halogens is 1. The van der Waals surface area contributed by atoms with Crippen LogP contribution in [0, 0.1) is 0 Å². The number of anilines is 2. The molecule has 0 atom stereocenters. The SMILES string of the molecule is CN=C(NCCCCN1CCN(c2ccccc2)CC1)Nc1ccc2c(c1)OCCCO2.I. The predicted molar refractivity (Wildman–Crippen MR) is 147 cm³/mol. The van der Waals surface area contributed by atoms with Crippen LogP contribution in [0.15, 0.2) is 53.5 Å². The van der Waals surface area contributed by atoms with Crippen molar-refractivity contribution < 1.29 is 9.47 Å². The second-order valence-corrected chi connectivity index (χ2v) is 8.21. The summed E-state index contributed by atoms with van der Waals surface area (Å²) < 4.78 is 11.5. The Balaban J connectivity index is 0.00000306. The molecule has 33 heavy (non-hydrogen) atoms. The monoisotopic (exact) mass is 565 g/mol. The largest absolute Gasteiger partial charge is 0.490 e. The minimum absolute atomic E-state index is 0. The summed E-state index contributed by atoms with van der Waals surface area (Å²) in [5.74, 6) is 2.37. The first-order chi connectivity index (χ1) is 15.8. The number of nitrogens with zero attached hydrogens (tertiary/aromatic N) is 3. The molecular weight excluding hydrogens is 529 g/mol. The zero-order valence-electron chi connectivity index (χ0n) is 19.5. The maximum absolute atomic E-state index is 5.77. The van der Waals surface area contributed by atoms with E-state index in [9.17, 15) is 0 Å². The molecular formula is C25H36IN5O2. The van der Waals surface area contributed by atoms with Gasteiger partial charge >= 0.3 is 0 Å². The Morgan fingerprint density at radius 3 is 2.45 bits per heavy atom. The lowest BCUT2D eigenvalue weighted by Gasteiger charge is -2.36. The fourth-order valence-electron chi connectivity index (χ4n) is 4.09. The summed E-state index contributed by atoms with van der Waals surface area (Å²) in [5, 5.41) is 6.76. The van der Waals surface area contributed by atoms with Gasteiger partial charge in [0, 0.05) is 63.6 Å². The van der Waals surface area contributed by atoms with Gasteiger partial charge in [-0.25, -0.2) is 0 Å². The van der Waals surface area contributed by atoms with Crippen molar-refractivity contribution in [2.24, 2.45) is 4.99 Å². The molecule has 0 saturated carbocycles. The molecule has 2 heterocycles. The molecule has 2 aromatic carbocycles. The number of fused-ring (bicyclic) bond motifs is 1. The zero-order chi connectivity index (χ0) is 22.0. The lowest BCUT2D eigenvalue weighted by atomic mass is 10.2. The molecule has 0 amide bonds. The molecule has 2 N–H and O–H groups in total. The average Bonchev–Trinajstić information content (AvgIpc) is 3.09. The molecule has 7 nitrogen and oxygen atoms in total. The van der Waals surface area contributed by atoms with Crippen LogP contribution in [0.25, 0.3) is 0 Å². The van der Waals surface area contributed by atoms with E-state index in [2.05, 4.69) is 55.8 Å². The van der Waals surface area contributed by atoms with E-state index < -0.39 is 0 Å². The summed E-state index contributed by atoms with van der Waals surface area (Å²) in [6, 6.07) is 16.6. The van der Waals surface area contributed by atoms with Crippen LogP contribution in [0.2, 0.25) is 0 Å². The van der Waals surface area contributed by atoms with Crippen molar-refractivity contribution in [1.29, 1.82) is 0 Å². The second kappa shape index (κ2) is 13.5. The summed E-state index contributed by atoms with van der Waals surface area (Å²) in [7, 11) is 1.80. The highest BCUT2D eigenvalue weighted by atomic mass is 127. The van der Waals surface area contributed by atoms with Gasteiger partial charge in [0.2, 0.25) is 0 Å². The lowest BCUT2D eigenvalue weighted by Crippen LogP contribution is -2.46. The van der Waals surface area contributed by atoms with Crippen molar-refractivity contribution in [1.82, 2.24) is 10.2 Å². The van der Waals surface area contributed by atoms with Crippen molar-refractivity contribution in [2.75, 3.05) is 69.7 Å². The van der Waals surface area contributed by atoms with Gasteiger partial charge in [-0.05, 0) is 43.7 Å². The number of benzene rings is 2. The van der Waals surface area contributed by atoms with E-state index in [1.54, 1.807) is 7.05 Å². The molecule has 0 aromatic heterocycles. The Bertz CT molecular complexity index is 872. The molecule has 2 aliphatic heterocycles. The van der Waals surface area contributed by atoms with Crippen molar-refractivity contribution in [3.05, 3.63) is 48.5 Å². The van der Waals surface area contributed by atoms with E-state index in [0.29, 0.717) is 13.2 Å². The minimum Gasteiger partial charge on any atom is -0.490 e. The molecule has 0 aliphatic carbocycles. The molecule has 2 aliphatic rings. The number of guanidine groups is 1. The summed E-state index contributed by atoms with van der Waals surface area (Å²) in [6.07, 6.45) is 3.20. The number of hydrogen-bond acceptors (Lipinski definition) is 5. The Labute approximate surface area is 214 Å². The Morgan fingerprint density at radius 1 is 0.939 bits per heavy atom. The molecule has 0 spiro atoms. The fourth-order valence-corrected chi connectivity index (χ4v) is 4.09. The molecule has 0 unspecified atom stereocenters.